The highest BCUT2D eigenvalue weighted by Gasteiger charge is 2.27. The molecule has 3 nitrogen and oxygen atoms in total. The molecule has 1 N–H and O–H groups in total. The van der Waals surface area contributed by atoms with Gasteiger partial charge in [0.25, 0.3) is 0 Å². The number of hydrogen-bond donors (Lipinski definition) is 1. The van der Waals surface area contributed by atoms with E-state index in [-0.39, 0.29) is 11.2 Å². The molecular formula is C19H18Br2O3. The van der Waals surface area contributed by atoms with Crippen LogP contribution < -0.4 is 4.74 Å². The molecule has 0 aromatic heterocycles. The van der Waals surface area contributed by atoms with Crippen molar-refractivity contribution in [3.05, 3.63) is 68.6 Å². The molecule has 5 heteroatoms. The minimum Gasteiger partial charge on any atom is -0.507 e. The molecule has 0 radical (unpaired) electrons. The van der Waals surface area contributed by atoms with E-state index in [9.17, 15) is 9.90 Å². The Bertz CT molecular complexity index is 793. The van der Waals surface area contributed by atoms with Crippen LogP contribution in [0.5, 0.6) is 11.5 Å². The lowest BCUT2D eigenvalue weighted by molar-refractivity contribution is -0.130. The highest BCUT2D eigenvalue weighted by molar-refractivity contribution is 9.13. The molecule has 0 fully saturated rings. The number of hydrogen-bond acceptors (Lipinski definition) is 3. The lowest BCUT2D eigenvalue weighted by Crippen LogP contribution is -2.19. The minimum absolute atomic E-state index is 0.184. The largest absolute Gasteiger partial charge is 0.507 e. The first kappa shape index (κ1) is 18.7. The summed E-state index contributed by atoms with van der Waals surface area (Å²) >= 11 is 6.93. The van der Waals surface area contributed by atoms with Crippen molar-refractivity contribution in [1.29, 1.82) is 0 Å². The molecule has 2 rings (SSSR count). The second-order valence-corrected chi connectivity index (χ2v) is 7.67. The van der Waals surface area contributed by atoms with Gasteiger partial charge in [-0.3, -0.25) is 0 Å². The average molecular weight is 454 g/mol. The number of halogens is 2. The molecule has 2 aromatic rings. The van der Waals surface area contributed by atoms with Gasteiger partial charge >= 0.3 is 5.97 Å². The molecular weight excluding hydrogens is 436 g/mol. The van der Waals surface area contributed by atoms with Gasteiger partial charge in [-0.05, 0) is 68.1 Å². The maximum atomic E-state index is 11.6. The van der Waals surface area contributed by atoms with Gasteiger partial charge in [0.2, 0.25) is 0 Å². The zero-order valence-electron chi connectivity index (χ0n) is 13.7. The van der Waals surface area contributed by atoms with Gasteiger partial charge in [-0.15, -0.1) is 0 Å². The number of aromatic hydroxyl groups is 1. The molecule has 0 atom stereocenters. The maximum absolute atomic E-state index is 11.6. The fourth-order valence-corrected chi connectivity index (χ4v) is 3.49. The summed E-state index contributed by atoms with van der Waals surface area (Å²) in [6, 6.07) is 10.9. The third-order valence-corrected chi connectivity index (χ3v) is 6.03. The standard InChI is InChI=1S/C19H18Br2O3/c1-11(2)18(23)24-13-7-5-12(6-8-13)19(3,4)14-9-10-15(22)17(21)16(14)20/h5-10,22H,1H2,2-4H3. The van der Waals surface area contributed by atoms with E-state index in [1.165, 1.54) is 0 Å². The number of esters is 1. The molecule has 2 aromatic carbocycles. The van der Waals surface area contributed by atoms with E-state index in [4.69, 9.17) is 4.74 Å². The van der Waals surface area contributed by atoms with Gasteiger partial charge in [-0.25, -0.2) is 4.79 Å². The third-order valence-electron chi connectivity index (χ3n) is 3.87. The summed E-state index contributed by atoms with van der Waals surface area (Å²) in [5.74, 6) is 0.226. The van der Waals surface area contributed by atoms with Gasteiger partial charge < -0.3 is 9.84 Å². The number of ether oxygens (including phenoxy) is 1. The molecule has 0 unspecified atom stereocenters. The molecule has 0 saturated heterocycles. The smallest absolute Gasteiger partial charge is 0.338 e. The van der Waals surface area contributed by atoms with Gasteiger partial charge in [0.15, 0.2) is 0 Å². The van der Waals surface area contributed by atoms with Crippen LogP contribution in [0.25, 0.3) is 0 Å². The van der Waals surface area contributed by atoms with Crippen LogP contribution in [0.15, 0.2) is 57.5 Å². The SMILES string of the molecule is C=C(C)C(=O)Oc1ccc(C(C)(C)c2ccc(O)c(Br)c2Br)cc1. The predicted octanol–water partition coefficient (Wildman–Crippen LogP) is 5.72. The maximum Gasteiger partial charge on any atom is 0.338 e. The van der Waals surface area contributed by atoms with Crippen LogP contribution in [0.1, 0.15) is 31.9 Å². The van der Waals surface area contributed by atoms with Crippen LogP contribution in [-0.2, 0) is 10.2 Å². The Morgan fingerprint density at radius 3 is 2.21 bits per heavy atom. The van der Waals surface area contributed by atoms with E-state index in [0.29, 0.717) is 15.8 Å². The normalized spacial score (nSPS) is 11.2. The molecule has 0 aliphatic rings. The van der Waals surface area contributed by atoms with Gasteiger partial charge in [-0.2, -0.15) is 0 Å². The second-order valence-electron chi connectivity index (χ2n) is 6.08. The lowest BCUT2D eigenvalue weighted by Gasteiger charge is -2.28. The zero-order valence-corrected chi connectivity index (χ0v) is 16.9. The molecule has 0 spiro atoms. The van der Waals surface area contributed by atoms with Crippen LogP contribution >= 0.6 is 31.9 Å². The van der Waals surface area contributed by atoms with Crippen molar-refractivity contribution < 1.29 is 14.6 Å². The first-order valence-corrected chi connectivity index (χ1v) is 8.89. The van der Waals surface area contributed by atoms with Crippen LogP contribution in [-0.4, -0.2) is 11.1 Å². The summed E-state index contributed by atoms with van der Waals surface area (Å²) in [7, 11) is 0. The number of phenolic OH excluding ortho intramolecular Hbond substituents is 1. The summed E-state index contributed by atoms with van der Waals surface area (Å²) in [4.78, 5) is 11.6. The van der Waals surface area contributed by atoms with E-state index in [2.05, 4.69) is 52.3 Å². The van der Waals surface area contributed by atoms with Crippen molar-refractivity contribution in [3.63, 3.8) is 0 Å². The van der Waals surface area contributed by atoms with E-state index < -0.39 is 5.97 Å². The molecule has 0 amide bonds. The van der Waals surface area contributed by atoms with Crippen molar-refractivity contribution in [2.45, 2.75) is 26.2 Å². The van der Waals surface area contributed by atoms with E-state index >= 15 is 0 Å². The second kappa shape index (κ2) is 7.11. The molecule has 0 aliphatic carbocycles. The van der Waals surface area contributed by atoms with Gasteiger partial charge in [-0.1, -0.05) is 38.6 Å². The molecule has 0 aliphatic heterocycles. The Morgan fingerprint density at radius 1 is 1.08 bits per heavy atom. The zero-order chi connectivity index (χ0) is 18.1. The van der Waals surface area contributed by atoms with E-state index in [0.717, 1.165) is 15.6 Å². The summed E-state index contributed by atoms with van der Waals surface area (Å²) in [6.45, 7) is 9.36. The van der Waals surface area contributed by atoms with Crippen molar-refractivity contribution in [2.75, 3.05) is 0 Å². The Hall–Kier alpha value is -1.59. The fraction of sp³-hybridized carbons (Fsp3) is 0.211. The molecule has 0 heterocycles. The molecule has 24 heavy (non-hydrogen) atoms. The topological polar surface area (TPSA) is 46.5 Å². The number of benzene rings is 2. The summed E-state index contributed by atoms with van der Waals surface area (Å²) < 4.78 is 6.65. The monoisotopic (exact) mass is 452 g/mol. The molecule has 126 valence electrons. The molecule has 0 saturated carbocycles. The van der Waals surface area contributed by atoms with Crippen LogP contribution in [0.2, 0.25) is 0 Å². The average Bonchev–Trinajstić information content (AvgIpc) is 2.52. The van der Waals surface area contributed by atoms with Crippen molar-refractivity contribution in [2.24, 2.45) is 0 Å². The van der Waals surface area contributed by atoms with Crippen molar-refractivity contribution in [3.8, 4) is 11.5 Å². The number of rotatable bonds is 4. The van der Waals surface area contributed by atoms with Gasteiger partial charge in [0.1, 0.15) is 11.5 Å². The minimum atomic E-state index is -0.438. The number of carbonyl (C=O) groups excluding carboxylic acids is 1. The van der Waals surface area contributed by atoms with Crippen LogP contribution in [0.3, 0.4) is 0 Å². The van der Waals surface area contributed by atoms with Gasteiger partial charge in [0.05, 0.1) is 4.47 Å². The Balaban J connectivity index is 2.35. The van der Waals surface area contributed by atoms with Crippen LogP contribution in [0, 0.1) is 0 Å². The van der Waals surface area contributed by atoms with Gasteiger partial charge in [0, 0.05) is 15.5 Å². The Labute approximate surface area is 158 Å². The van der Waals surface area contributed by atoms with Crippen molar-refractivity contribution in [1.82, 2.24) is 0 Å². The summed E-state index contributed by atoms with van der Waals surface area (Å²) in [5.41, 5.74) is 2.12. The lowest BCUT2D eigenvalue weighted by atomic mass is 9.78. The molecule has 0 bridgehead atoms. The predicted molar refractivity (Wildman–Crippen MR) is 103 cm³/mol. The highest BCUT2D eigenvalue weighted by atomic mass is 79.9. The van der Waals surface area contributed by atoms with Crippen LogP contribution in [0.4, 0.5) is 0 Å². The summed E-state index contributed by atoms with van der Waals surface area (Å²) in [6.07, 6.45) is 0. The highest BCUT2D eigenvalue weighted by Crippen LogP contribution is 2.42. The quantitative estimate of drug-likeness (QED) is 0.365. The van der Waals surface area contributed by atoms with Crippen molar-refractivity contribution >= 4 is 37.8 Å². The number of carbonyl (C=O) groups is 1. The van der Waals surface area contributed by atoms with E-state index in [1.54, 1.807) is 25.1 Å². The first-order chi connectivity index (χ1) is 11.1. The van der Waals surface area contributed by atoms with E-state index in [1.807, 2.05) is 18.2 Å². The fourth-order valence-electron chi connectivity index (χ4n) is 2.31. The third kappa shape index (κ3) is 3.73. The first-order valence-electron chi connectivity index (χ1n) is 7.30. The Kier molecular flexibility index (Phi) is 5.56. The number of phenols is 1. The summed E-state index contributed by atoms with van der Waals surface area (Å²) in [5, 5.41) is 9.79. The Morgan fingerprint density at radius 2 is 1.67 bits per heavy atom.